The molecule has 0 radical (unpaired) electrons. The molecule has 1 fully saturated rings. The predicted molar refractivity (Wildman–Crippen MR) is 122 cm³/mol. The summed E-state index contributed by atoms with van der Waals surface area (Å²) in [6.45, 7) is 3.92. The highest BCUT2D eigenvalue weighted by atomic mass is 16.8. The molecule has 0 aromatic heterocycles. The number of nitrogens with zero attached hydrogens (tertiary/aromatic N) is 1. The van der Waals surface area contributed by atoms with Crippen LogP contribution in [-0.4, -0.2) is 41.6 Å². The zero-order valence-corrected chi connectivity index (χ0v) is 18.3. The van der Waals surface area contributed by atoms with Crippen LogP contribution in [0.2, 0.25) is 0 Å². The molecular weight excluding hydrogens is 402 g/mol. The molecule has 0 amide bonds. The molecule has 0 saturated carbocycles. The first-order valence-electron chi connectivity index (χ1n) is 11.0. The van der Waals surface area contributed by atoms with E-state index in [0.29, 0.717) is 0 Å². The van der Waals surface area contributed by atoms with Crippen molar-refractivity contribution in [2.75, 3.05) is 6.61 Å². The minimum Gasteiger partial charge on any atom is -0.624 e. The van der Waals surface area contributed by atoms with Gasteiger partial charge in [-0.3, -0.25) is 0 Å². The summed E-state index contributed by atoms with van der Waals surface area (Å²) >= 11 is 0. The van der Waals surface area contributed by atoms with E-state index >= 15 is 0 Å². The van der Waals surface area contributed by atoms with Crippen molar-refractivity contribution in [2.24, 2.45) is 0 Å². The molecule has 3 aromatic rings. The average molecular weight is 430 g/mol. The predicted octanol–water partition coefficient (Wildman–Crippen LogP) is 4.48. The molecule has 0 unspecified atom stereocenters. The highest BCUT2D eigenvalue weighted by Crippen LogP contribution is 2.41. The van der Waals surface area contributed by atoms with E-state index in [1.165, 1.54) is 0 Å². The van der Waals surface area contributed by atoms with E-state index < -0.39 is 17.4 Å². The van der Waals surface area contributed by atoms with E-state index in [2.05, 4.69) is 36.4 Å². The van der Waals surface area contributed by atoms with Gasteiger partial charge in [-0.25, -0.2) is 4.74 Å². The summed E-state index contributed by atoms with van der Waals surface area (Å²) in [5, 5.41) is 12.7. The number of ether oxygens (including phenoxy) is 3. The van der Waals surface area contributed by atoms with Gasteiger partial charge < -0.3 is 19.4 Å². The molecule has 2 aliphatic rings. The molecule has 0 aliphatic carbocycles. The van der Waals surface area contributed by atoms with Gasteiger partial charge >= 0.3 is 0 Å². The van der Waals surface area contributed by atoms with Crippen LogP contribution in [0.5, 0.6) is 0 Å². The maximum atomic E-state index is 12.7. The van der Waals surface area contributed by atoms with Crippen molar-refractivity contribution in [3.8, 4) is 0 Å². The minimum atomic E-state index is -0.877. The third kappa shape index (κ3) is 3.62. The summed E-state index contributed by atoms with van der Waals surface area (Å²) in [6.07, 6.45) is 0.820. The van der Waals surface area contributed by atoms with Gasteiger partial charge in [0.15, 0.2) is 24.2 Å². The third-order valence-electron chi connectivity index (χ3n) is 6.18. The molecule has 1 saturated heterocycles. The van der Waals surface area contributed by atoms with Crippen LogP contribution in [0.3, 0.4) is 0 Å². The third-order valence-corrected chi connectivity index (χ3v) is 6.18. The van der Waals surface area contributed by atoms with Crippen molar-refractivity contribution in [3.63, 3.8) is 0 Å². The van der Waals surface area contributed by atoms with Crippen LogP contribution in [0, 0.1) is 5.21 Å². The Hall–Kier alpha value is -2.99. The molecule has 2 aliphatic heterocycles. The maximum absolute atomic E-state index is 12.7. The normalized spacial score (nSPS) is 24.2. The van der Waals surface area contributed by atoms with Gasteiger partial charge in [-0.2, -0.15) is 0 Å². The molecule has 5 nitrogen and oxygen atoms in total. The molecule has 5 rings (SSSR count). The Morgan fingerprint density at radius 3 is 1.75 bits per heavy atom. The molecule has 3 aromatic carbocycles. The lowest BCUT2D eigenvalue weighted by molar-refractivity contribution is -0.507. The Labute approximate surface area is 188 Å². The minimum absolute atomic E-state index is 0.180. The smallest absolute Gasteiger partial charge is 0.215 e. The molecule has 0 bridgehead atoms. The van der Waals surface area contributed by atoms with E-state index in [4.69, 9.17) is 14.2 Å². The summed E-state index contributed by atoms with van der Waals surface area (Å²) < 4.78 is 19.7. The van der Waals surface area contributed by atoms with Crippen LogP contribution in [0.4, 0.5) is 0 Å². The van der Waals surface area contributed by atoms with Gasteiger partial charge in [0.05, 0.1) is 0 Å². The summed E-state index contributed by atoms with van der Waals surface area (Å²) in [6, 6.07) is 29.9. The number of rotatable bonds is 6. The van der Waals surface area contributed by atoms with Crippen molar-refractivity contribution in [3.05, 3.63) is 113 Å². The second-order valence-electron chi connectivity index (χ2n) is 8.73. The van der Waals surface area contributed by atoms with Crippen LogP contribution in [-0.2, 0) is 19.8 Å². The lowest BCUT2D eigenvalue weighted by Gasteiger charge is -2.36. The monoisotopic (exact) mass is 429 g/mol. The number of hydrogen-bond acceptors (Lipinski definition) is 4. The first kappa shape index (κ1) is 20.9. The van der Waals surface area contributed by atoms with Gasteiger partial charge in [0, 0.05) is 0 Å². The van der Waals surface area contributed by atoms with Gasteiger partial charge in [-0.15, -0.1) is 0 Å². The molecule has 0 N–H and O–H groups in total. The quantitative estimate of drug-likeness (QED) is 0.329. The Kier molecular flexibility index (Phi) is 5.33. The Morgan fingerprint density at radius 2 is 1.28 bits per heavy atom. The van der Waals surface area contributed by atoms with Gasteiger partial charge in [0.25, 0.3) is 0 Å². The maximum Gasteiger partial charge on any atom is 0.215 e. The first-order chi connectivity index (χ1) is 15.5. The summed E-state index contributed by atoms with van der Waals surface area (Å²) in [7, 11) is 0. The van der Waals surface area contributed by atoms with E-state index in [1.54, 1.807) is 6.21 Å². The number of fused-ring (bicyclic) bond motifs is 1. The second-order valence-corrected chi connectivity index (χ2v) is 8.73. The zero-order chi connectivity index (χ0) is 22.2. The SMILES string of the molecule is CC1(C)O[C@H]2[C@@H](COC(c3ccccc3)(c3ccccc3)c3ccccc3)[N+]([O-])=C[C@H]2O1. The number of hydroxylamine groups is 1. The van der Waals surface area contributed by atoms with E-state index in [1.807, 2.05) is 68.4 Å². The molecule has 0 spiro atoms. The molecule has 5 heteroatoms. The molecule has 2 heterocycles. The number of hydrogen-bond donors (Lipinski definition) is 0. The fourth-order valence-electron chi connectivity index (χ4n) is 4.78. The average Bonchev–Trinajstić information content (AvgIpc) is 3.26. The van der Waals surface area contributed by atoms with Gasteiger partial charge in [-0.05, 0) is 30.5 Å². The van der Waals surface area contributed by atoms with Gasteiger partial charge in [-0.1, -0.05) is 91.0 Å². The van der Waals surface area contributed by atoms with Gasteiger partial charge in [0.1, 0.15) is 12.2 Å². The van der Waals surface area contributed by atoms with Crippen molar-refractivity contribution < 1.29 is 18.9 Å². The Balaban J connectivity index is 1.57. The lowest BCUT2D eigenvalue weighted by Crippen LogP contribution is -2.42. The van der Waals surface area contributed by atoms with Crippen LogP contribution >= 0.6 is 0 Å². The summed E-state index contributed by atoms with van der Waals surface area (Å²) in [5.74, 6) is -0.722. The highest BCUT2D eigenvalue weighted by molar-refractivity contribution is 5.62. The fraction of sp³-hybridized carbons (Fsp3) is 0.296. The molecule has 32 heavy (non-hydrogen) atoms. The Bertz CT molecular complexity index is 986. The topological polar surface area (TPSA) is 53.8 Å². The first-order valence-corrected chi connectivity index (χ1v) is 11.0. The second kappa shape index (κ2) is 8.17. The van der Waals surface area contributed by atoms with E-state index in [9.17, 15) is 5.21 Å². The van der Waals surface area contributed by atoms with E-state index in [-0.39, 0.29) is 18.8 Å². The van der Waals surface area contributed by atoms with Crippen LogP contribution in [0.15, 0.2) is 91.0 Å². The summed E-state index contributed by atoms with van der Waals surface area (Å²) in [5.41, 5.74) is 2.12. The van der Waals surface area contributed by atoms with E-state index in [0.717, 1.165) is 21.4 Å². The lowest BCUT2D eigenvalue weighted by atomic mass is 9.80. The largest absolute Gasteiger partial charge is 0.624 e. The number of benzene rings is 3. The molecular formula is C27H27NO4. The fourth-order valence-corrected chi connectivity index (χ4v) is 4.78. The van der Waals surface area contributed by atoms with Crippen molar-refractivity contribution >= 4 is 6.21 Å². The highest BCUT2D eigenvalue weighted by Gasteiger charge is 2.54. The van der Waals surface area contributed by atoms with Gasteiger partial charge in [0.2, 0.25) is 6.04 Å². The van der Waals surface area contributed by atoms with Crippen LogP contribution in [0.25, 0.3) is 0 Å². The zero-order valence-electron chi connectivity index (χ0n) is 18.3. The summed E-state index contributed by atoms with van der Waals surface area (Å²) in [4.78, 5) is 0. The standard InChI is InChI=1S/C27H27NO4/c1-26(2)31-24-18-28(29)23(25(24)32-26)19-30-27(20-12-6-3-7-13-20,21-14-8-4-9-15-21)22-16-10-5-11-17-22/h3-18,23-25H,19H2,1-2H3/t23-,24-,25+/m1/s1. The van der Waals surface area contributed by atoms with Crippen LogP contribution in [0.1, 0.15) is 30.5 Å². The molecule has 3 atom stereocenters. The van der Waals surface area contributed by atoms with Crippen LogP contribution < -0.4 is 0 Å². The van der Waals surface area contributed by atoms with Crippen molar-refractivity contribution in [1.29, 1.82) is 0 Å². The van der Waals surface area contributed by atoms with Crippen molar-refractivity contribution in [1.82, 2.24) is 0 Å². The Morgan fingerprint density at radius 1 is 0.812 bits per heavy atom. The molecule has 164 valence electrons. The van der Waals surface area contributed by atoms with Crippen molar-refractivity contribution in [2.45, 2.75) is 43.5 Å².